The average Bonchev–Trinajstić information content (AvgIpc) is 3.25. The topological polar surface area (TPSA) is 135 Å². The summed E-state index contributed by atoms with van der Waals surface area (Å²) in [6.07, 6.45) is 59.5. The van der Waals surface area contributed by atoms with Gasteiger partial charge in [0.2, 0.25) is 0 Å². The second kappa shape index (κ2) is 54.9. The van der Waals surface area contributed by atoms with Crippen LogP contribution < -0.4 is 113 Å². The van der Waals surface area contributed by atoms with E-state index in [1.807, 2.05) is 0 Å². The van der Waals surface area contributed by atoms with Crippen LogP contribution in [0, 0.1) is 5.41 Å². The summed E-state index contributed by atoms with van der Waals surface area (Å²) < 4.78 is 34.3. The Hall–Kier alpha value is 2.12. The molecule has 0 aliphatic rings. The van der Waals surface area contributed by atoms with Crippen molar-refractivity contribution < 1.29 is 136 Å². The van der Waals surface area contributed by atoms with Gasteiger partial charge in [-0.15, -0.1) is 0 Å². The third-order valence-corrected chi connectivity index (χ3v) is 15.6. The number of hydrogen-bond acceptors (Lipinski definition) is 6. The van der Waals surface area contributed by atoms with Crippen molar-refractivity contribution in [3.8, 4) is 0 Å². The summed E-state index contributed by atoms with van der Waals surface area (Å²) in [5, 5.41) is 22.1. The first-order valence-corrected chi connectivity index (χ1v) is 30.0. The van der Waals surface area contributed by atoms with Gasteiger partial charge in [-0.3, -0.25) is 4.55 Å². The van der Waals surface area contributed by atoms with Gasteiger partial charge in [-0.1, -0.05) is 322 Å². The maximum Gasteiger partial charge on any atom is 1.00 e. The van der Waals surface area contributed by atoms with Crippen molar-refractivity contribution in [2.45, 2.75) is 340 Å². The zero-order valence-corrected chi connectivity index (χ0v) is 51.8. The standard InChI is InChI=1S/C56H110O7S.2K/c1-3-5-7-9-11-13-15-17-19-21-23-25-27-29-31-33-35-37-39-41-43-45-47-49-51-56(55(59)60,53(54(57)58)64(61,62)63)52-50-48-46-44-42-40-38-36-34-32-30-28-26-24-22-20-18-16-14-12-10-8-6-4-2;;/h53H,3-52H2,1-2H3,(H,57,58)(H,59,60)(H,61,62,63);;/q;2*+1/p-2. The van der Waals surface area contributed by atoms with Crippen LogP contribution in [0.5, 0.6) is 0 Å². The molecule has 7 nitrogen and oxygen atoms in total. The van der Waals surface area contributed by atoms with Crippen molar-refractivity contribution in [1.29, 1.82) is 0 Å². The summed E-state index contributed by atoms with van der Waals surface area (Å²) in [5.41, 5.74) is -2.20. The van der Waals surface area contributed by atoms with Gasteiger partial charge in [0.25, 0.3) is 10.1 Å². The number of unbranched alkanes of at least 4 members (excludes halogenated alkanes) is 46. The number of carbonyl (C=O) groups excluding carboxylic acids is 2. The SMILES string of the molecule is CCCCCCCCCCCCCCCCCCCCCCCCCCC(CCCCCCCCCCCCCCCCCCCCCCCCCC)(C(=O)[O-])C(C(=O)[O-])S(=O)(=O)O.[K+].[K+]. The molecule has 1 unspecified atom stereocenters. The fraction of sp³-hybridized carbons (Fsp3) is 0.964. The first kappa shape index (κ1) is 72.4. The molecule has 0 aromatic rings. The van der Waals surface area contributed by atoms with Crippen LogP contribution in [0.25, 0.3) is 0 Å². The molecular weight excluding hydrogens is 895 g/mol. The van der Waals surface area contributed by atoms with E-state index in [1.165, 1.54) is 244 Å². The molecule has 66 heavy (non-hydrogen) atoms. The van der Waals surface area contributed by atoms with E-state index in [2.05, 4.69) is 13.8 Å². The molecule has 0 aliphatic heterocycles. The zero-order valence-electron chi connectivity index (χ0n) is 44.7. The number of rotatable bonds is 54. The van der Waals surface area contributed by atoms with Gasteiger partial charge in [0.05, 0.1) is 5.97 Å². The van der Waals surface area contributed by atoms with E-state index in [0.717, 1.165) is 38.5 Å². The van der Waals surface area contributed by atoms with Gasteiger partial charge in [-0.05, 0) is 12.8 Å². The van der Waals surface area contributed by atoms with Gasteiger partial charge in [0, 0.05) is 11.4 Å². The monoisotopic (exact) mass is 1000 g/mol. The Kier molecular flexibility index (Phi) is 60.2. The Bertz CT molecular complexity index is 1070. The smallest absolute Gasteiger partial charge is 0.549 e. The van der Waals surface area contributed by atoms with Crippen LogP contribution in [0.1, 0.15) is 335 Å². The molecule has 1 N–H and O–H groups in total. The third-order valence-electron chi connectivity index (χ3n) is 14.4. The van der Waals surface area contributed by atoms with Crippen LogP contribution in [-0.2, 0) is 19.7 Å². The van der Waals surface area contributed by atoms with E-state index < -0.39 is 32.7 Å². The molecule has 0 radical (unpaired) electrons. The Morgan fingerprint density at radius 3 is 0.621 bits per heavy atom. The van der Waals surface area contributed by atoms with Crippen molar-refractivity contribution in [2.24, 2.45) is 5.41 Å². The van der Waals surface area contributed by atoms with Crippen LogP contribution in [-0.4, -0.2) is 30.2 Å². The summed E-state index contributed by atoms with van der Waals surface area (Å²) in [5.74, 6) is -3.79. The Balaban J connectivity index is -0.0000198. The number of carbonyl (C=O) groups is 2. The largest absolute Gasteiger partial charge is 1.00 e. The fourth-order valence-corrected chi connectivity index (χ4v) is 11.3. The molecule has 0 rings (SSSR count). The number of aliphatic carboxylic acids is 2. The van der Waals surface area contributed by atoms with Crippen LogP contribution in [0.2, 0.25) is 0 Å². The maximum absolute atomic E-state index is 12.6. The Morgan fingerprint density at radius 1 is 0.348 bits per heavy atom. The third kappa shape index (κ3) is 45.9. The molecule has 382 valence electrons. The second-order valence-electron chi connectivity index (χ2n) is 20.4. The molecule has 0 aliphatic carbocycles. The summed E-state index contributed by atoms with van der Waals surface area (Å²) in [6.45, 7) is 4.56. The maximum atomic E-state index is 12.6. The molecule has 0 spiro atoms. The second-order valence-corrected chi connectivity index (χ2v) is 21.9. The molecule has 0 aromatic heterocycles. The molecule has 10 heteroatoms. The minimum atomic E-state index is -5.21. The van der Waals surface area contributed by atoms with Gasteiger partial charge < -0.3 is 19.8 Å². The van der Waals surface area contributed by atoms with Crippen molar-refractivity contribution >= 4 is 22.1 Å². The molecule has 0 saturated carbocycles. The molecule has 0 heterocycles. The van der Waals surface area contributed by atoms with Crippen LogP contribution in [0.3, 0.4) is 0 Å². The summed E-state index contributed by atoms with van der Waals surface area (Å²) >= 11 is 0. The molecule has 0 bridgehead atoms. The zero-order chi connectivity index (χ0) is 47.1. The Morgan fingerprint density at radius 2 is 0.500 bits per heavy atom. The quantitative estimate of drug-likeness (QED) is 0.0364. The number of carboxylic acids is 2. The summed E-state index contributed by atoms with van der Waals surface area (Å²) in [4.78, 5) is 24.6. The number of hydrogen-bond donors (Lipinski definition) is 1. The van der Waals surface area contributed by atoms with Gasteiger partial charge in [-0.25, -0.2) is 0 Å². The van der Waals surface area contributed by atoms with Gasteiger partial charge in [0.1, 0.15) is 5.25 Å². The summed E-state index contributed by atoms with van der Waals surface area (Å²) in [7, 11) is -5.21. The molecule has 0 fully saturated rings. The first-order chi connectivity index (χ1) is 31.1. The molecule has 1 atom stereocenters. The van der Waals surface area contributed by atoms with E-state index in [9.17, 15) is 32.8 Å². The van der Waals surface area contributed by atoms with Gasteiger partial charge in [0.15, 0.2) is 0 Å². The van der Waals surface area contributed by atoms with Crippen LogP contribution in [0.15, 0.2) is 0 Å². The Labute approximate surface area is 496 Å². The van der Waals surface area contributed by atoms with Crippen molar-refractivity contribution in [3.05, 3.63) is 0 Å². The van der Waals surface area contributed by atoms with E-state index >= 15 is 0 Å². The van der Waals surface area contributed by atoms with Gasteiger partial charge >= 0.3 is 103 Å². The first-order valence-electron chi connectivity index (χ1n) is 28.5. The van der Waals surface area contributed by atoms with Crippen LogP contribution >= 0.6 is 0 Å². The van der Waals surface area contributed by atoms with Gasteiger partial charge in [-0.2, -0.15) is 8.42 Å². The predicted octanol–water partition coefficient (Wildman–Crippen LogP) is 10.3. The van der Waals surface area contributed by atoms with Crippen molar-refractivity contribution in [2.75, 3.05) is 0 Å². The van der Waals surface area contributed by atoms with E-state index in [-0.39, 0.29) is 116 Å². The average molecular weight is 1000 g/mol. The van der Waals surface area contributed by atoms with Crippen molar-refractivity contribution in [3.63, 3.8) is 0 Å². The van der Waals surface area contributed by atoms with Crippen molar-refractivity contribution in [1.82, 2.24) is 0 Å². The van der Waals surface area contributed by atoms with Crippen LogP contribution in [0.4, 0.5) is 0 Å². The number of carboxylic acid groups (broad SMARTS) is 2. The van der Waals surface area contributed by atoms with E-state index in [1.54, 1.807) is 0 Å². The minimum Gasteiger partial charge on any atom is -0.549 e. The van der Waals surface area contributed by atoms with E-state index in [0.29, 0.717) is 25.7 Å². The fourth-order valence-electron chi connectivity index (χ4n) is 10.1. The molecule has 0 aromatic carbocycles. The molecule has 0 saturated heterocycles. The predicted molar refractivity (Wildman–Crippen MR) is 270 cm³/mol. The summed E-state index contributed by atoms with van der Waals surface area (Å²) in [6, 6.07) is 0. The minimum absolute atomic E-state index is 0. The van der Waals surface area contributed by atoms with E-state index in [4.69, 9.17) is 0 Å². The normalized spacial score (nSPS) is 12.2. The molecule has 0 amide bonds. The molecular formula is C56H108K2O7S.